The van der Waals surface area contributed by atoms with E-state index in [0.717, 1.165) is 22.4 Å². The van der Waals surface area contributed by atoms with Gasteiger partial charge >= 0.3 is 5.97 Å². The number of aromatic nitrogens is 1. The summed E-state index contributed by atoms with van der Waals surface area (Å²) in [4.78, 5) is 9.37. The van der Waals surface area contributed by atoms with Crippen LogP contribution in [0.2, 0.25) is 0 Å². The number of rotatable bonds is 5. The third-order valence-corrected chi connectivity index (χ3v) is 4.71. The molecule has 2 N–H and O–H groups in total. The summed E-state index contributed by atoms with van der Waals surface area (Å²) in [7, 11) is 0. The van der Waals surface area contributed by atoms with Crippen molar-refractivity contribution in [3.63, 3.8) is 0 Å². The monoisotopic (exact) mass is 388 g/mol. The van der Waals surface area contributed by atoms with Gasteiger partial charge in [0.25, 0.3) is 0 Å². The quantitative estimate of drug-likeness (QED) is 0.435. The number of nitrogens with one attached hydrogen (secondary N) is 1. The molecule has 5 heteroatoms. The van der Waals surface area contributed by atoms with Crippen LogP contribution in [0, 0.1) is 12.3 Å². The van der Waals surface area contributed by atoms with Gasteiger partial charge in [-0.05, 0) is 30.2 Å². The van der Waals surface area contributed by atoms with Gasteiger partial charge in [-0.2, -0.15) is 0 Å². The summed E-state index contributed by atoms with van der Waals surface area (Å²) in [5.41, 5.74) is 5.03. The van der Waals surface area contributed by atoms with Crippen molar-refractivity contribution >= 4 is 22.6 Å². The van der Waals surface area contributed by atoms with Crippen LogP contribution >= 0.6 is 0 Å². The number of benzene rings is 2. The number of para-hydroxylation sites is 1. The van der Waals surface area contributed by atoms with Crippen molar-refractivity contribution < 1.29 is 14.3 Å². The number of aryl methyl sites for hydroxylation is 1. The number of nitrogens with zero attached hydrogens (tertiary/aromatic N) is 1. The number of hydrogen-bond donors (Lipinski definition) is 2. The average Bonchev–Trinajstić information content (AvgIpc) is 3.38. The number of hydrogen-bond acceptors (Lipinski definition) is 3. The smallest absolute Gasteiger partial charge is 0.303 e. The first-order valence-electron chi connectivity index (χ1n) is 9.49. The minimum absolute atomic E-state index is 0.222. The third kappa shape index (κ3) is 4.63. The molecule has 0 atom stereocenters. The van der Waals surface area contributed by atoms with Crippen molar-refractivity contribution in [3.8, 4) is 5.88 Å². The van der Waals surface area contributed by atoms with Crippen LogP contribution in [0.15, 0.2) is 77.5 Å². The molecule has 148 valence electrons. The SMILES string of the molecule is CCC(=O)O.Cc1ccccc1CC(=N)c1cn(-c2ccco2)c2ccccc12. The molecule has 0 unspecified atom stereocenters. The molecule has 29 heavy (non-hydrogen) atoms. The first kappa shape index (κ1) is 20.1. The van der Waals surface area contributed by atoms with Crippen LogP contribution in [-0.4, -0.2) is 21.4 Å². The van der Waals surface area contributed by atoms with E-state index in [1.165, 1.54) is 11.1 Å². The van der Waals surface area contributed by atoms with E-state index in [4.69, 9.17) is 14.9 Å². The van der Waals surface area contributed by atoms with Crippen molar-refractivity contribution in [1.29, 1.82) is 5.41 Å². The van der Waals surface area contributed by atoms with E-state index in [-0.39, 0.29) is 6.42 Å². The minimum atomic E-state index is -0.745. The normalized spacial score (nSPS) is 10.4. The van der Waals surface area contributed by atoms with Gasteiger partial charge < -0.3 is 14.9 Å². The first-order chi connectivity index (χ1) is 14.0. The summed E-state index contributed by atoms with van der Waals surface area (Å²) < 4.78 is 7.56. The number of carboxylic acids is 1. The zero-order valence-corrected chi connectivity index (χ0v) is 16.6. The van der Waals surface area contributed by atoms with Crippen LogP contribution in [0.1, 0.15) is 30.0 Å². The second-order valence-electron chi connectivity index (χ2n) is 6.71. The molecule has 4 aromatic rings. The maximum absolute atomic E-state index is 9.37. The van der Waals surface area contributed by atoms with Crippen LogP contribution in [-0.2, 0) is 11.2 Å². The van der Waals surface area contributed by atoms with Crippen molar-refractivity contribution in [2.75, 3.05) is 0 Å². The molecule has 0 amide bonds. The Balaban J connectivity index is 0.000000431. The highest BCUT2D eigenvalue weighted by Gasteiger charge is 2.15. The predicted molar refractivity (Wildman–Crippen MR) is 115 cm³/mol. The van der Waals surface area contributed by atoms with Gasteiger partial charge in [-0.15, -0.1) is 0 Å². The lowest BCUT2D eigenvalue weighted by Gasteiger charge is -2.06. The Morgan fingerprint density at radius 3 is 2.41 bits per heavy atom. The summed E-state index contributed by atoms with van der Waals surface area (Å²) in [6.45, 7) is 3.69. The van der Waals surface area contributed by atoms with Crippen LogP contribution in [0.5, 0.6) is 0 Å². The molecule has 4 rings (SSSR count). The molecule has 0 saturated carbocycles. The standard InChI is InChI=1S/C21H18N2O.C3H6O2/c1-15-7-2-3-8-16(15)13-19(22)18-14-23(21-11-6-12-24-21)20-10-5-4-9-17(18)20;1-2-3(4)5/h2-12,14,22H,13H2,1H3;2H2,1H3,(H,4,5). The summed E-state index contributed by atoms with van der Waals surface area (Å²) in [5, 5.41) is 17.4. The van der Waals surface area contributed by atoms with E-state index in [0.29, 0.717) is 12.1 Å². The van der Waals surface area contributed by atoms with Crippen molar-refractivity contribution in [3.05, 3.63) is 89.8 Å². The molecule has 5 nitrogen and oxygen atoms in total. The van der Waals surface area contributed by atoms with Crippen LogP contribution in [0.25, 0.3) is 16.8 Å². The topological polar surface area (TPSA) is 79.2 Å². The van der Waals surface area contributed by atoms with Crippen molar-refractivity contribution in [2.24, 2.45) is 0 Å². The van der Waals surface area contributed by atoms with Gasteiger partial charge in [-0.25, -0.2) is 0 Å². The molecule has 0 spiro atoms. The largest absolute Gasteiger partial charge is 0.481 e. The second-order valence-corrected chi connectivity index (χ2v) is 6.71. The molecule has 0 fully saturated rings. The van der Waals surface area contributed by atoms with Crippen LogP contribution < -0.4 is 0 Å². The van der Waals surface area contributed by atoms with Gasteiger partial charge in [0.15, 0.2) is 0 Å². The number of aliphatic carboxylic acids is 1. The fourth-order valence-corrected chi connectivity index (χ4v) is 3.10. The number of fused-ring (bicyclic) bond motifs is 1. The highest BCUT2D eigenvalue weighted by Crippen LogP contribution is 2.26. The Hall–Kier alpha value is -3.60. The van der Waals surface area contributed by atoms with Crippen LogP contribution in [0.4, 0.5) is 0 Å². The Morgan fingerprint density at radius 1 is 1.07 bits per heavy atom. The molecule has 0 bridgehead atoms. The Kier molecular flexibility index (Phi) is 6.29. The maximum Gasteiger partial charge on any atom is 0.303 e. The fourth-order valence-electron chi connectivity index (χ4n) is 3.10. The predicted octanol–water partition coefficient (Wildman–Crippen LogP) is 5.62. The van der Waals surface area contributed by atoms with E-state index >= 15 is 0 Å². The Morgan fingerprint density at radius 2 is 1.76 bits per heavy atom. The second kappa shape index (κ2) is 9.06. The Labute approximate surface area is 169 Å². The van der Waals surface area contributed by atoms with E-state index in [1.807, 2.05) is 47.2 Å². The third-order valence-electron chi connectivity index (χ3n) is 4.71. The van der Waals surface area contributed by atoms with Crippen LogP contribution in [0.3, 0.4) is 0 Å². The van der Waals surface area contributed by atoms with E-state index < -0.39 is 5.97 Å². The fraction of sp³-hybridized carbons (Fsp3) is 0.167. The van der Waals surface area contributed by atoms with E-state index in [1.54, 1.807) is 13.2 Å². The number of carboxylic acid groups (broad SMARTS) is 1. The maximum atomic E-state index is 9.37. The summed E-state index contributed by atoms with van der Waals surface area (Å²) >= 11 is 0. The van der Waals surface area contributed by atoms with E-state index in [2.05, 4.69) is 31.2 Å². The number of furan rings is 1. The van der Waals surface area contributed by atoms with Crippen molar-refractivity contribution in [1.82, 2.24) is 4.57 Å². The molecule has 0 saturated heterocycles. The lowest BCUT2D eigenvalue weighted by atomic mass is 9.99. The zero-order valence-electron chi connectivity index (χ0n) is 16.6. The molecule has 2 heterocycles. The summed E-state index contributed by atoms with van der Waals surface area (Å²) in [5.74, 6) is 0.0196. The first-order valence-corrected chi connectivity index (χ1v) is 9.49. The number of carbonyl (C=O) groups is 1. The lowest BCUT2D eigenvalue weighted by molar-refractivity contribution is -0.136. The highest BCUT2D eigenvalue weighted by molar-refractivity contribution is 6.10. The molecular formula is C24H24N2O3. The summed E-state index contributed by atoms with van der Waals surface area (Å²) in [6, 6.07) is 20.2. The molecule has 0 aliphatic rings. The minimum Gasteiger partial charge on any atom is -0.481 e. The van der Waals surface area contributed by atoms with Gasteiger partial charge in [0.05, 0.1) is 11.8 Å². The Bertz CT molecular complexity index is 1120. The van der Waals surface area contributed by atoms with E-state index in [9.17, 15) is 4.79 Å². The molecule has 2 aromatic heterocycles. The zero-order chi connectivity index (χ0) is 20.8. The lowest BCUT2D eigenvalue weighted by Crippen LogP contribution is -2.04. The molecular weight excluding hydrogens is 364 g/mol. The van der Waals surface area contributed by atoms with Gasteiger partial charge in [-0.3, -0.25) is 9.36 Å². The molecule has 0 aliphatic heterocycles. The molecule has 0 aliphatic carbocycles. The molecule has 2 aromatic carbocycles. The average molecular weight is 388 g/mol. The molecule has 0 radical (unpaired) electrons. The van der Waals surface area contributed by atoms with Gasteiger partial charge in [0.2, 0.25) is 5.88 Å². The van der Waals surface area contributed by atoms with Gasteiger partial charge in [-0.1, -0.05) is 49.4 Å². The van der Waals surface area contributed by atoms with Gasteiger partial charge in [0.1, 0.15) is 0 Å². The summed E-state index contributed by atoms with van der Waals surface area (Å²) in [6.07, 6.45) is 4.52. The van der Waals surface area contributed by atoms with Crippen molar-refractivity contribution in [2.45, 2.75) is 26.7 Å². The highest BCUT2D eigenvalue weighted by atomic mass is 16.4. The van der Waals surface area contributed by atoms with Gasteiger partial charge in [0, 0.05) is 41.8 Å².